The first-order valence-corrected chi connectivity index (χ1v) is 9.09. The number of nitrogens with zero attached hydrogens (tertiary/aromatic N) is 4. The number of aliphatic hydroxyl groups is 2. The summed E-state index contributed by atoms with van der Waals surface area (Å²) in [6.45, 7) is 6.11. The van der Waals surface area contributed by atoms with E-state index in [1.807, 2.05) is 50.2 Å². The van der Waals surface area contributed by atoms with Crippen molar-refractivity contribution >= 4 is 17.2 Å². The molecular formula is C19H26N6O2. The van der Waals surface area contributed by atoms with Gasteiger partial charge in [-0.2, -0.15) is 4.52 Å². The van der Waals surface area contributed by atoms with Crippen molar-refractivity contribution in [3.05, 3.63) is 47.8 Å². The van der Waals surface area contributed by atoms with Gasteiger partial charge in [0.25, 0.3) is 0 Å². The summed E-state index contributed by atoms with van der Waals surface area (Å²) in [5.41, 5.74) is 2.55. The van der Waals surface area contributed by atoms with E-state index in [-0.39, 0.29) is 12.5 Å². The van der Waals surface area contributed by atoms with Crippen molar-refractivity contribution in [1.82, 2.24) is 19.8 Å². The number of nitrogens with one attached hydrogen (secondary N) is 2. The summed E-state index contributed by atoms with van der Waals surface area (Å²) in [5, 5.41) is 38.9. The van der Waals surface area contributed by atoms with Gasteiger partial charge in [-0.25, -0.2) is 0 Å². The lowest BCUT2D eigenvalue weighted by atomic mass is 10.2. The molecule has 2 atom stereocenters. The highest BCUT2D eigenvalue weighted by molar-refractivity contribution is 5.70. The zero-order valence-electron chi connectivity index (χ0n) is 15.8. The average molecular weight is 370 g/mol. The fourth-order valence-corrected chi connectivity index (χ4v) is 2.76. The molecule has 0 unspecified atom stereocenters. The molecule has 0 aliphatic rings. The van der Waals surface area contributed by atoms with Crippen molar-refractivity contribution in [3.8, 4) is 0 Å². The molecule has 0 fully saturated rings. The highest BCUT2D eigenvalue weighted by Gasteiger charge is 2.18. The van der Waals surface area contributed by atoms with Gasteiger partial charge >= 0.3 is 0 Å². The molecule has 27 heavy (non-hydrogen) atoms. The van der Waals surface area contributed by atoms with Crippen LogP contribution in [-0.2, 0) is 6.54 Å². The van der Waals surface area contributed by atoms with Crippen LogP contribution in [0.4, 0.5) is 11.5 Å². The van der Waals surface area contributed by atoms with Crippen LogP contribution in [0.3, 0.4) is 0 Å². The molecule has 0 aliphatic carbocycles. The smallest absolute Gasteiger partial charge is 0.201 e. The molecule has 2 aromatic heterocycles. The monoisotopic (exact) mass is 370 g/mol. The third-order valence-corrected chi connectivity index (χ3v) is 4.35. The number of hydrogen-bond acceptors (Lipinski definition) is 7. The number of anilines is 2. The van der Waals surface area contributed by atoms with Gasteiger partial charge in [-0.15, -0.1) is 15.3 Å². The van der Waals surface area contributed by atoms with E-state index in [0.717, 1.165) is 17.1 Å². The molecular weight excluding hydrogens is 344 g/mol. The second-order valence-electron chi connectivity index (χ2n) is 6.90. The highest BCUT2D eigenvalue weighted by Crippen LogP contribution is 2.23. The van der Waals surface area contributed by atoms with Crippen molar-refractivity contribution in [2.24, 2.45) is 0 Å². The molecule has 0 amide bonds. The molecule has 8 nitrogen and oxygen atoms in total. The predicted octanol–water partition coefficient (Wildman–Crippen LogP) is 2.01. The SMILES string of the molecule is CC(C)c1nnc2c(NCc3ccccc3)cc(N[C@H](CO)[C@@H](C)O)nn12. The Morgan fingerprint density at radius 2 is 1.85 bits per heavy atom. The molecule has 2 heterocycles. The van der Waals surface area contributed by atoms with E-state index in [2.05, 4.69) is 25.9 Å². The molecule has 0 aliphatic heterocycles. The summed E-state index contributed by atoms with van der Waals surface area (Å²) < 4.78 is 1.71. The average Bonchev–Trinajstić information content (AvgIpc) is 3.09. The summed E-state index contributed by atoms with van der Waals surface area (Å²) in [6.07, 6.45) is -0.723. The van der Waals surface area contributed by atoms with Gasteiger partial charge < -0.3 is 20.8 Å². The van der Waals surface area contributed by atoms with E-state index in [9.17, 15) is 10.2 Å². The van der Waals surface area contributed by atoms with Crippen LogP contribution >= 0.6 is 0 Å². The summed E-state index contributed by atoms with van der Waals surface area (Å²) in [5.74, 6) is 1.42. The normalized spacial score (nSPS) is 13.7. The Kier molecular flexibility index (Phi) is 5.88. The quantitative estimate of drug-likeness (QED) is 0.480. The zero-order chi connectivity index (χ0) is 19.4. The van der Waals surface area contributed by atoms with Crippen molar-refractivity contribution < 1.29 is 10.2 Å². The molecule has 4 N–H and O–H groups in total. The molecule has 3 rings (SSSR count). The van der Waals surface area contributed by atoms with Crippen molar-refractivity contribution in [2.75, 3.05) is 17.2 Å². The minimum Gasteiger partial charge on any atom is -0.394 e. The van der Waals surface area contributed by atoms with E-state index in [1.165, 1.54) is 0 Å². The van der Waals surface area contributed by atoms with Gasteiger partial charge in [0.1, 0.15) is 5.82 Å². The molecule has 0 spiro atoms. The zero-order valence-corrected chi connectivity index (χ0v) is 15.8. The number of aromatic nitrogens is 4. The molecule has 8 heteroatoms. The number of rotatable bonds is 8. The standard InChI is InChI=1S/C19H26N6O2/c1-12(2)18-22-23-19-15(20-10-14-7-5-4-6-8-14)9-17(24-25(18)19)21-16(11-26)13(3)27/h4-9,12-13,16,20,26-27H,10-11H2,1-3H3,(H,21,24)/t13-,16-/m1/s1. The first-order chi connectivity index (χ1) is 13.0. The van der Waals surface area contributed by atoms with Gasteiger partial charge in [-0.1, -0.05) is 44.2 Å². The molecule has 1 aromatic carbocycles. The Hall–Kier alpha value is -2.71. The fourth-order valence-electron chi connectivity index (χ4n) is 2.76. The van der Waals surface area contributed by atoms with Crippen LogP contribution in [0.15, 0.2) is 36.4 Å². The van der Waals surface area contributed by atoms with Crippen LogP contribution in [0.5, 0.6) is 0 Å². The Morgan fingerprint density at radius 1 is 1.11 bits per heavy atom. The summed E-state index contributed by atoms with van der Waals surface area (Å²) >= 11 is 0. The fraction of sp³-hybridized carbons (Fsp3) is 0.421. The van der Waals surface area contributed by atoms with E-state index < -0.39 is 12.1 Å². The Balaban J connectivity index is 1.96. The predicted molar refractivity (Wildman–Crippen MR) is 105 cm³/mol. The van der Waals surface area contributed by atoms with Crippen molar-refractivity contribution in [2.45, 2.75) is 45.4 Å². The lowest BCUT2D eigenvalue weighted by molar-refractivity contribution is 0.132. The van der Waals surface area contributed by atoms with Crippen LogP contribution in [0.1, 0.15) is 38.1 Å². The van der Waals surface area contributed by atoms with Gasteiger partial charge in [0.2, 0.25) is 5.65 Å². The van der Waals surface area contributed by atoms with Gasteiger partial charge in [0.15, 0.2) is 5.82 Å². The van der Waals surface area contributed by atoms with Crippen molar-refractivity contribution in [3.63, 3.8) is 0 Å². The largest absolute Gasteiger partial charge is 0.394 e. The maximum absolute atomic E-state index is 9.81. The summed E-state index contributed by atoms with van der Waals surface area (Å²) in [4.78, 5) is 0. The summed E-state index contributed by atoms with van der Waals surface area (Å²) in [6, 6.07) is 11.4. The second-order valence-corrected chi connectivity index (χ2v) is 6.90. The van der Waals surface area contributed by atoms with E-state index >= 15 is 0 Å². The first kappa shape index (κ1) is 19.1. The minimum absolute atomic E-state index is 0.148. The van der Waals surface area contributed by atoms with Crippen LogP contribution < -0.4 is 10.6 Å². The van der Waals surface area contributed by atoms with Crippen LogP contribution in [-0.4, -0.2) is 48.8 Å². The molecule has 0 bridgehead atoms. The highest BCUT2D eigenvalue weighted by atomic mass is 16.3. The van der Waals surface area contributed by atoms with Gasteiger partial charge in [-0.3, -0.25) is 0 Å². The molecule has 0 radical (unpaired) electrons. The lowest BCUT2D eigenvalue weighted by Gasteiger charge is -2.20. The Bertz CT molecular complexity index is 879. The second kappa shape index (κ2) is 8.32. The minimum atomic E-state index is -0.723. The van der Waals surface area contributed by atoms with Gasteiger partial charge in [0.05, 0.1) is 24.4 Å². The third-order valence-electron chi connectivity index (χ3n) is 4.35. The van der Waals surface area contributed by atoms with Gasteiger partial charge in [-0.05, 0) is 12.5 Å². The number of aliphatic hydroxyl groups excluding tert-OH is 2. The van der Waals surface area contributed by atoms with E-state index in [0.29, 0.717) is 18.0 Å². The third kappa shape index (κ3) is 4.35. The van der Waals surface area contributed by atoms with Crippen LogP contribution in [0, 0.1) is 0 Å². The summed E-state index contributed by atoms with van der Waals surface area (Å²) in [7, 11) is 0. The first-order valence-electron chi connectivity index (χ1n) is 9.09. The molecule has 3 aromatic rings. The number of fused-ring (bicyclic) bond motifs is 1. The number of benzene rings is 1. The van der Waals surface area contributed by atoms with Crippen molar-refractivity contribution in [1.29, 1.82) is 0 Å². The molecule has 144 valence electrons. The molecule has 0 saturated heterocycles. The number of hydrogen-bond donors (Lipinski definition) is 4. The Morgan fingerprint density at radius 3 is 2.48 bits per heavy atom. The topological polar surface area (TPSA) is 108 Å². The van der Waals surface area contributed by atoms with Crippen LogP contribution in [0.2, 0.25) is 0 Å². The maximum atomic E-state index is 9.81. The van der Waals surface area contributed by atoms with E-state index in [1.54, 1.807) is 11.4 Å². The molecule has 0 saturated carbocycles. The maximum Gasteiger partial charge on any atom is 0.201 e. The Labute approximate surface area is 158 Å². The van der Waals surface area contributed by atoms with Gasteiger partial charge in [0, 0.05) is 18.5 Å². The lowest BCUT2D eigenvalue weighted by Crippen LogP contribution is -2.35. The van der Waals surface area contributed by atoms with Crippen LogP contribution in [0.25, 0.3) is 5.65 Å². The van der Waals surface area contributed by atoms with E-state index in [4.69, 9.17) is 0 Å².